The second kappa shape index (κ2) is 3.01. The molecule has 0 N–H and O–H groups in total. The van der Waals surface area contributed by atoms with Crippen molar-refractivity contribution in [2.45, 2.75) is 13.0 Å². The SMILES string of the molecule is CC1[N]C(=O)N=C1c1ccccc1. The summed E-state index contributed by atoms with van der Waals surface area (Å²) in [5, 5.41) is 3.80. The average Bonchev–Trinajstić information content (AvgIpc) is 2.47. The molecule has 0 fully saturated rings. The maximum Gasteiger partial charge on any atom is 0.363 e. The highest BCUT2D eigenvalue weighted by atomic mass is 16.2. The lowest BCUT2D eigenvalue weighted by Crippen LogP contribution is -2.22. The first-order valence-electron chi connectivity index (χ1n) is 4.16. The molecule has 0 saturated carbocycles. The van der Waals surface area contributed by atoms with Crippen LogP contribution in [-0.4, -0.2) is 17.8 Å². The van der Waals surface area contributed by atoms with Gasteiger partial charge >= 0.3 is 6.03 Å². The molecule has 0 saturated heterocycles. The molecule has 2 rings (SSSR count). The fourth-order valence-electron chi connectivity index (χ4n) is 1.37. The summed E-state index contributed by atoms with van der Waals surface area (Å²) >= 11 is 0. The van der Waals surface area contributed by atoms with E-state index in [1.165, 1.54) is 0 Å². The summed E-state index contributed by atoms with van der Waals surface area (Å²) in [5.41, 5.74) is 1.75. The Balaban J connectivity index is 2.37. The summed E-state index contributed by atoms with van der Waals surface area (Å²) in [7, 11) is 0. The molecule has 0 aromatic heterocycles. The van der Waals surface area contributed by atoms with Crippen molar-refractivity contribution in [1.29, 1.82) is 0 Å². The maximum atomic E-state index is 10.9. The van der Waals surface area contributed by atoms with Gasteiger partial charge in [-0.3, -0.25) is 0 Å². The van der Waals surface area contributed by atoms with Crippen molar-refractivity contribution in [2.24, 2.45) is 4.99 Å². The van der Waals surface area contributed by atoms with Crippen LogP contribution in [0.15, 0.2) is 35.3 Å². The topological polar surface area (TPSA) is 43.5 Å². The fraction of sp³-hybridized carbons (Fsp3) is 0.200. The third-order valence-electron chi connectivity index (χ3n) is 1.99. The second-order valence-corrected chi connectivity index (χ2v) is 2.95. The van der Waals surface area contributed by atoms with Crippen molar-refractivity contribution in [3.63, 3.8) is 0 Å². The Morgan fingerprint density at radius 3 is 2.46 bits per heavy atom. The molecule has 1 aromatic carbocycles. The highest BCUT2D eigenvalue weighted by Crippen LogP contribution is 2.10. The Labute approximate surface area is 76.5 Å². The molecule has 1 heterocycles. The number of hydrogen-bond acceptors (Lipinski definition) is 1. The van der Waals surface area contributed by atoms with Crippen molar-refractivity contribution in [3.05, 3.63) is 35.9 Å². The number of nitrogens with zero attached hydrogens (tertiary/aromatic N) is 2. The van der Waals surface area contributed by atoms with Gasteiger partial charge in [0.2, 0.25) is 0 Å². The van der Waals surface area contributed by atoms with Crippen LogP contribution in [0.2, 0.25) is 0 Å². The molecule has 3 nitrogen and oxygen atoms in total. The Kier molecular flexibility index (Phi) is 1.85. The number of hydrogen-bond donors (Lipinski definition) is 0. The standard InChI is InChI=1S/C10H9N2O/c1-7-9(12-10(13)11-7)8-5-3-2-4-6-8/h2-7H,1H3. The van der Waals surface area contributed by atoms with Gasteiger partial charge in [-0.1, -0.05) is 30.3 Å². The quantitative estimate of drug-likeness (QED) is 0.636. The number of carbonyl (C=O) groups is 1. The summed E-state index contributed by atoms with van der Waals surface area (Å²) in [5.74, 6) is 0. The van der Waals surface area contributed by atoms with Gasteiger partial charge in [-0.2, -0.15) is 4.99 Å². The van der Waals surface area contributed by atoms with E-state index in [2.05, 4.69) is 10.3 Å². The smallest absolute Gasteiger partial charge is 0.244 e. The van der Waals surface area contributed by atoms with Crippen LogP contribution in [0.4, 0.5) is 4.79 Å². The summed E-state index contributed by atoms with van der Waals surface area (Å²) < 4.78 is 0. The third-order valence-corrected chi connectivity index (χ3v) is 1.99. The minimum atomic E-state index is -0.369. The van der Waals surface area contributed by atoms with Crippen LogP contribution < -0.4 is 5.32 Å². The van der Waals surface area contributed by atoms with E-state index in [0.29, 0.717) is 0 Å². The van der Waals surface area contributed by atoms with Crippen LogP contribution in [0.1, 0.15) is 12.5 Å². The van der Waals surface area contributed by atoms with Crippen LogP contribution in [-0.2, 0) is 0 Å². The normalized spacial score (nSPS) is 21.2. The highest BCUT2D eigenvalue weighted by Gasteiger charge is 2.24. The monoisotopic (exact) mass is 173 g/mol. The Morgan fingerprint density at radius 2 is 1.92 bits per heavy atom. The molecule has 0 aliphatic carbocycles. The molecule has 3 heteroatoms. The third kappa shape index (κ3) is 1.45. The second-order valence-electron chi connectivity index (χ2n) is 2.95. The van der Waals surface area contributed by atoms with Crippen molar-refractivity contribution in [2.75, 3.05) is 0 Å². The summed E-state index contributed by atoms with van der Waals surface area (Å²) in [6.07, 6.45) is 0. The lowest BCUT2D eigenvalue weighted by Gasteiger charge is -2.03. The molecular weight excluding hydrogens is 164 g/mol. The van der Waals surface area contributed by atoms with Gasteiger partial charge in [-0.15, -0.1) is 0 Å². The molecule has 1 aromatic rings. The van der Waals surface area contributed by atoms with Crippen molar-refractivity contribution in [3.8, 4) is 0 Å². The Hall–Kier alpha value is -1.64. The number of carbonyl (C=O) groups excluding carboxylic acids is 1. The van der Waals surface area contributed by atoms with Gasteiger partial charge in [0.05, 0.1) is 11.8 Å². The van der Waals surface area contributed by atoms with Gasteiger partial charge in [0, 0.05) is 0 Å². The Morgan fingerprint density at radius 1 is 1.23 bits per heavy atom. The average molecular weight is 173 g/mol. The fourth-order valence-corrected chi connectivity index (χ4v) is 1.37. The van der Waals surface area contributed by atoms with Crippen molar-refractivity contribution < 1.29 is 4.79 Å². The molecule has 1 atom stereocenters. The number of amides is 2. The van der Waals surface area contributed by atoms with Gasteiger partial charge < -0.3 is 0 Å². The molecular formula is C10H9N2O. The minimum Gasteiger partial charge on any atom is -0.244 e. The number of rotatable bonds is 1. The van der Waals surface area contributed by atoms with Crippen LogP contribution in [0.25, 0.3) is 0 Å². The molecule has 2 amide bonds. The van der Waals surface area contributed by atoms with Crippen molar-refractivity contribution >= 4 is 11.7 Å². The van der Waals surface area contributed by atoms with Gasteiger partial charge in [0.1, 0.15) is 0 Å². The zero-order chi connectivity index (χ0) is 9.26. The van der Waals surface area contributed by atoms with E-state index in [4.69, 9.17) is 0 Å². The minimum absolute atomic E-state index is 0.102. The molecule has 1 aliphatic heterocycles. The number of aliphatic imine (C=N–C) groups is 1. The van der Waals surface area contributed by atoms with Gasteiger partial charge in [0.15, 0.2) is 0 Å². The molecule has 0 spiro atoms. The van der Waals surface area contributed by atoms with E-state index in [1.54, 1.807) is 0 Å². The van der Waals surface area contributed by atoms with E-state index in [9.17, 15) is 4.79 Å². The maximum absolute atomic E-state index is 10.9. The van der Waals surface area contributed by atoms with Gasteiger partial charge in [-0.25, -0.2) is 10.1 Å². The largest absolute Gasteiger partial charge is 0.363 e. The van der Waals surface area contributed by atoms with E-state index < -0.39 is 0 Å². The molecule has 1 aliphatic rings. The van der Waals surface area contributed by atoms with Crippen LogP contribution in [0.3, 0.4) is 0 Å². The number of urea groups is 1. The zero-order valence-electron chi connectivity index (χ0n) is 7.27. The first-order chi connectivity index (χ1) is 6.27. The molecule has 0 bridgehead atoms. The van der Waals surface area contributed by atoms with Gasteiger partial charge in [0.25, 0.3) is 0 Å². The van der Waals surface area contributed by atoms with E-state index in [-0.39, 0.29) is 12.1 Å². The lowest BCUT2D eigenvalue weighted by atomic mass is 10.1. The first kappa shape index (κ1) is 7.98. The highest BCUT2D eigenvalue weighted by molar-refractivity contribution is 6.13. The van der Waals surface area contributed by atoms with Crippen molar-refractivity contribution in [1.82, 2.24) is 5.32 Å². The summed E-state index contributed by atoms with van der Waals surface area (Å²) in [6, 6.07) is 9.18. The Bertz CT molecular complexity index is 356. The van der Waals surface area contributed by atoms with E-state index in [0.717, 1.165) is 11.3 Å². The van der Waals surface area contributed by atoms with Crippen LogP contribution >= 0.6 is 0 Å². The van der Waals surface area contributed by atoms with Gasteiger partial charge in [-0.05, 0) is 12.5 Å². The molecule has 13 heavy (non-hydrogen) atoms. The van der Waals surface area contributed by atoms with E-state index >= 15 is 0 Å². The zero-order valence-corrected chi connectivity index (χ0v) is 7.27. The molecule has 65 valence electrons. The lowest BCUT2D eigenvalue weighted by molar-refractivity contribution is 0.250. The predicted molar refractivity (Wildman–Crippen MR) is 50.0 cm³/mol. The summed E-state index contributed by atoms with van der Waals surface area (Å²) in [6.45, 7) is 1.87. The predicted octanol–water partition coefficient (Wildman–Crippen LogP) is 1.60. The first-order valence-corrected chi connectivity index (χ1v) is 4.16. The van der Waals surface area contributed by atoms with Crippen LogP contribution in [0.5, 0.6) is 0 Å². The van der Waals surface area contributed by atoms with E-state index in [1.807, 2.05) is 37.3 Å². The summed E-state index contributed by atoms with van der Waals surface area (Å²) in [4.78, 5) is 14.7. The molecule has 1 radical (unpaired) electrons. The molecule has 1 unspecified atom stereocenters. The number of benzene rings is 1. The van der Waals surface area contributed by atoms with Crippen LogP contribution in [0, 0.1) is 0 Å².